The summed E-state index contributed by atoms with van der Waals surface area (Å²) in [6.45, 7) is 2.11. The van der Waals surface area contributed by atoms with Gasteiger partial charge in [-0.15, -0.1) is 0 Å². The van der Waals surface area contributed by atoms with Crippen molar-refractivity contribution in [1.29, 1.82) is 0 Å². The highest BCUT2D eigenvalue weighted by Crippen LogP contribution is 2.46. The fourth-order valence-corrected chi connectivity index (χ4v) is 2.66. The van der Waals surface area contributed by atoms with Crippen LogP contribution in [0.2, 0.25) is 0 Å². The second kappa shape index (κ2) is 3.32. The summed E-state index contributed by atoms with van der Waals surface area (Å²) in [7, 11) is 0. The van der Waals surface area contributed by atoms with E-state index >= 15 is 0 Å². The van der Waals surface area contributed by atoms with Crippen LogP contribution in [0, 0.1) is 0 Å². The third kappa shape index (κ3) is 1.40. The highest BCUT2D eigenvalue weighted by atomic mass is 16.8. The second-order valence-electron chi connectivity index (χ2n) is 4.49. The van der Waals surface area contributed by atoms with Crippen LogP contribution in [0.15, 0.2) is 30.3 Å². The minimum atomic E-state index is -0.441. The smallest absolute Gasteiger partial charge is 0.195 e. The first-order valence-electron chi connectivity index (χ1n) is 5.71. The maximum absolute atomic E-state index is 6.06. The molecule has 1 aromatic carbocycles. The fraction of sp³-hybridized carbons (Fsp3) is 0.538. The van der Waals surface area contributed by atoms with E-state index < -0.39 is 5.79 Å². The standard InChI is InChI=1S/C13H16O2/c1-10-12-8-5-9-13(14-10,15-12)11-6-3-2-4-7-11/h2-4,6-7,10,12H,5,8-9H2,1H3. The van der Waals surface area contributed by atoms with Gasteiger partial charge in [-0.05, 0) is 19.8 Å². The summed E-state index contributed by atoms with van der Waals surface area (Å²) < 4.78 is 12.1. The van der Waals surface area contributed by atoms with Gasteiger partial charge < -0.3 is 9.47 Å². The number of fused-ring (bicyclic) bond motifs is 2. The quantitative estimate of drug-likeness (QED) is 0.700. The first-order valence-corrected chi connectivity index (χ1v) is 5.71. The summed E-state index contributed by atoms with van der Waals surface area (Å²) in [5.74, 6) is -0.441. The molecule has 2 heteroatoms. The summed E-state index contributed by atoms with van der Waals surface area (Å²) in [4.78, 5) is 0. The number of benzene rings is 1. The topological polar surface area (TPSA) is 18.5 Å². The van der Waals surface area contributed by atoms with Crippen molar-refractivity contribution in [2.24, 2.45) is 0 Å². The van der Waals surface area contributed by atoms with Gasteiger partial charge in [0.15, 0.2) is 5.79 Å². The van der Waals surface area contributed by atoms with E-state index in [2.05, 4.69) is 19.1 Å². The van der Waals surface area contributed by atoms with Crippen molar-refractivity contribution >= 4 is 0 Å². The van der Waals surface area contributed by atoms with Crippen molar-refractivity contribution in [3.8, 4) is 0 Å². The monoisotopic (exact) mass is 204 g/mol. The van der Waals surface area contributed by atoms with Crippen LogP contribution in [0.25, 0.3) is 0 Å². The molecule has 3 atom stereocenters. The van der Waals surface area contributed by atoms with Gasteiger partial charge in [0.2, 0.25) is 0 Å². The van der Waals surface area contributed by atoms with E-state index in [1.165, 1.54) is 12.0 Å². The van der Waals surface area contributed by atoms with Crippen molar-refractivity contribution in [1.82, 2.24) is 0 Å². The summed E-state index contributed by atoms with van der Waals surface area (Å²) in [6, 6.07) is 10.3. The van der Waals surface area contributed by atoms with E-state index in [1.807, 2.05) is 18.2 Å². The SMILES string of the molecule is CC1OC2(c3ccccc3)CCCC1O2. The lowest BCUT2D eigenvalue weighted by molar-refractivity contribution is -0.201. The van der Waals surface area contributed by atoms with E-state index in [4.69, 9.17) is 9.47 Å². The molecule has 2 heterocycles. The van der Waals surface area contributed by atoms with Gasteiger partial charge in [-0.1, -0.05) is 30.3 Å². The molecule has 0 saturated carbocycles. The maximum atomic E-state index is 6.06. The molecule has 2 aliphatic heterocycles. The van der Waals surface area contributed by atoms with Crippen LogP contribution < -0.4 is 0 Å². The maximum Gasteiger partial charge on any atom is 0.195 e. The van der Waals surface area contributed by atoms with Crippen LogP contribution >= 0.6 is 0 Å². The van der Waals surface area contributed by atoms with Crippen molar-refractivity contribution in [3.63, 3.8) is 0 Å². The molecule has 3 rings (SSSR count). The molecule has 0 aromatic heterocycles. The van der Waals surface area contributed by atoms with E-state index in [1.54, 1.807) is 0 Å². The number of rotatable bonds is 1. The van der Waals surface area contributed by atoms with E-state index in [0.717, 1.165) is 12.8 Å². The van der Waals surface area contributed by atoms with Gasteiger partial charge >= 0.3 is 0 Å². The minimum Gasteiger partial charge on any atom is -0.340 e. The van der Waals surface area contributed by atoms with E-state index in [-0.39, 0.29) is 6.10 Å². The Bertz CT molecular complexity index is 345. The molecule has 15 heavy (non-hydrogen) atoms. The van der Waals surface area contributed by atoms with Crippen molar-refractivity contribution < 1.29 is 9.47 Å². The largest absolute Gasteiger partial charge is 0.340 e. The molecule has 0 N–H and O–H groups in total. The van der Waals surface area contributed by atoms with Crippen LogP contribution in [0.4, 0.5) is 0 Å². The molecule has 0 spiro atoms. The molecule has 1 aromatic rings. The van der Waals surface area contributed by atoms with Gasteiger partial charge in [-0.2, -0.15) is 0 Å². The van der Waals surface area contributed by atoms with Crippen LogP contribution in [-0.2, 0) is 15.3 Å². The predicted octanol–water partition coefficient (Wildman–Crippen LogP) is 2.83. The van der Waals surface area contributed by atoms with Gasteiger partial charge in [0.25, 0.3) is 0 Å². The fourth-order valence-electron chi connectivity index (χ4n) is 2.66. The Balaban J connectivity index is 1.98. The molecule has 0 radical (unpaired) electrons. The third-order valence-corrected chi connectivity index (χ3v) is 3.45. The highest BCUT2D eigenvalue weighted by molar-refractivity contribution is 5.22. The Kier molecular flexibility index (Phi) is 2.08. The number of hydrogen-bond acceptors (Lipinski definition) is 2. The molecule has 80 valence electrons. The van der Waals surface area contributed by atoms with Crippen LogP contribution in [-0.4, -0.2) is 12.2 Å². The molecule has 0 aliphatic carbocycles. The van der Waals surface area contributed by atoms with E-state index in [0.29, 0.717) is 6.10 Å². The summed E-state index contributed by atoms with van der Waals surface area (Å²) in [6.07, 6.45) is 3.84. The van der Waals surface area contributed by atoms with Crippen LogP contribution in [0.1, 0.15) is 31.7 Å². The van der Waals surface area contributed by atoms with Crippen molar-refractivity contribution in [2.45, 2.75) is 44.2 Å². The molecule has 2 aliphatic rings. The lowest BCUT2D eigenvalue weighted by Gasteiger charge is -2.31. The predicted molar refractivity (Wildman–Crippen MR) is 57.4 cm³/mol. The van der Waals surface area contributed by atoms with Crippen molar-refractivity contribution in [2.75, 3.05) is 0 Å². The lowest BCUT2D eigenvalue weighted by atomic mass is 9.96. The summed E-state index contributed by atoms with van der Waals surface area (Å²) in [5.41, 5.74) is 1.17. The molecular weight excluding hydrogens is 188 g/mol. The summed E-state index contributed by atoms with van der Waals surface area (Å²) >= 11 is 0. The molecule has 2 fully saturated rings. The average molecular weight is 204 g/mol. The van der Waals surface area contributed by atoms with Crippen LogP contribution in [0.3, 0.4) is 0 Å². The Morgan fingerprint density at radius 1 is 1.20 bits per heavy atom. The Morgan fingerprint density at radius 2 is 2.00 bits per heavy atom. The van der Waals surface area contributed by atoms with Gasteiger partial charge in [-0.3, -0.25) is 0 Å². The molecule has 2 saturated heterocycles. The Hall–Kier alpha value is -0.860. The lowest BCUT2D eigenvalue weighted by Crippen LogP contribution is -2.31. The molecule has 0 amide bonds. The first-order chi connectivity index (χ1) is 7.30. The second-order valence-corrected chi connectivity index (χ2v) is 4.49. The molecule has 3 unspecified atom stereocenters. The van der Waals surface area contributed by atoms with Crippen molar-refractivity contribution in [3.05, 3.63) is 35.9 Å². The molecule has 2 bridgehead atoms. The first kappa shape index (κ1) is 9.37. The zero-order valence-electron chi connectivity index (χ0n) is 8.98. The molecular formula is C13H16O2. The zero-order valence-corrected chi connectivity index (χ0v) is 8.98. The normalized spacial score (nSPS) is 39.3. The Labute approximate surface area is 90.2 Å². The molecule has 2 nitrogen and oxygen atoms in total. The van der Waals surface area contributed by atoms with Gasteiger partial charge in [0.1, 0.15) is 0 Å². The highest BCUT2D eigenvalue weighted by Gasteiger charge is 2.49. The number of hydrogen-bond donors (Lipinski definition) is 0. The third-order valence-electron chi connectivity index (χ3n) is 3.45. The Morgan fingerprint density at radius 3 is 2.80 bits per heavy atom. The van der Waals surface area contributed by atoms with E-state index in [9.17, 15) is 0 Å². The van der Waals surface area contributed by atoms with Gasteiger partial charge in [0, 0.05) is 12.0 Å². The minimum absolute atomic E-state index is 0.229. The van der Waals surface area contributed by atoms with Gasteiger partial charge in [0.05, 0.1) is 12.2 Å². The zero-order chi connectivity index (χ0) is 10.3. The number of ether oxygens (including phenoxy) is 2. The van der Waals surface area contributed by atoms with Gasteiger partial charge in [-0.25, -0.2) is 0 Å². The van der Waals surface area contributed by atoms with Crippen LogP contribution in [0.5, 0.6) is 0 Å². The average Bonchev–Trinajstić information content (AvgIpc) is 2.52. The summed E-state index contributed by atoms with van der Waals surface area (Å²) in [5, 5.41) is 0.